The van der Waals surface area contributed by atoms with Gasteiger partial charge in [0.15, 0.2) is 0 Å². The molecule has 0 saturated carbocycles. The Hall–Kier alpha value is -6.12. The van der Waals surface area contributed by atoms with Gasteiger partial charge in [-0.05, 0) is 93.7 Å². The van der Waals surface area contributed by atoms with Crippen LogP contribution in [0.1, 0.15) is 0 Å². The molecule has 46 heavy (non-hydrogen) atoms. The molecule has 0 saturated heterocycles. The summed E-state index contributed by atoms with van der Waals surface area (Å²) in [7, 11) is 0. The molecule has 216 valence electrons. The van der Waals surface area contributed by atoms with Crippen LogP contribution in [0.2, 0.25) is 0 Å². The molecule has 1 heterocycles. The third kappa shape index (κ3) is 4.35. The molecule has 0 N–H and O–H groups in total. The molecule has 1 aromatic heterocycles. The zero-order valence-corrected chi connectivity index (χ0v) is 25.2. The molecule has 0 aliphatic carbocycles. The minimum absolute atomic E-state index is 1.10. The maximum Gasteiger partial charge on any atom is 0.0547 e. The van der Waals surface area contributed by atoms with Crippen molar-refractivity contribution in [3.8, 4) is 27.9 Å². The van der Waals surface area contributed by atoms with Gasteiger partial charge in [-0.2, -0.15) is 0 Å². The number of anilines is 3. The number of benzene rings is 8. The van der Waals surface area contributed by atoms with Crippen molar-refractivity contribution in [1.29, 1.82) is 0 Å². The molecule has 2 nitrogen and oxygen atoms in total. The van der Waals surface area contributed by atoms with Gasteiger partial charge in [0.1, 0.15) is 0 Å². The zero-order chi connectivity index (χ0) is 30.5. The van der Waals surface area contributed by atoms with E-state index in [1.165, 1.54) is 54.8 Å². The number of hydrogen-bond donors (Lipinski definition) is 0. The second-order valence-electron chi connectivity index (χ2n) is 11.8. The molecule has 0 spiro atoms. The Morgan fingerprint density at radius 3 is 1.28 bits per heavy atom. The standard InChI is InChI=1S/C44H30N2/c1-3-11-31(12-4-1)35-17-7-19-39(29-35)45(40-20-8-18-36(30-40)32-13-5-2-6-14-32)37-25-27-38(28-26-37)46-41-21-9-15-33-23-24-34-16-10-22-42(46)44(34)43(33)41/h1-30H. The van der Waals surface area contributed by atoms with Crippen LogP contribution in [-0.4, -0.2) is 4.57 Å². The molecule has 0 amide bonds. The second-order valence-corrected chi connectivity index (χ2v) is 11.8. The first kappa shape index (κ1) is 26.3. The Bertz CT molecular complexity index is 2310. The number of hydrogen-bond acceptors (Lipinski definition) is 1. The van der Waals surface area contributed by atoms with E-state index in [1.807, 2.05) is 0 Å². The third-order valence-corrected chi connectivity index (χ3v) is 9.11. The summed E-state index contributed by atoms with van der Waals surface area (Å²) in [6.07, 6.45) is 0. The number of rotatable bonds is 6. The molecule has 0 aliphatic heterocycles. The van der Waals surface area contributed by atoms with Gasteiger partial charge >= 0.3 is 0 Å². The summed E-state index contributed by atoms with van der Waals surface area (Å²) >= 11 is 0. The van der Waals surface area contributed by atoms with Crippen molar-refractivity contribution in [2.24, 2.45) is 0 Å². The van der Waals surface area contributed by atoms with Gasteiger partial charge in [-0.1, -0.05) is 121 Å². The molecule has 8 aromatic carbocycles. The highest BCUT2D eigenvalue weighted by atomic mass is 15.1. The van der Waals surface area contributed by atoms with Gasteiger partial charge in [-0.3, -0.25) is 0 Å². The summed E-state index contributed by atoms with van der Waals surface area (Å²) in [5.74, 6) is 0. The number of nitrogens with zero attached hydrogens (tertiary/aromatic N) is 2. The van der Waals surface area contributed by atoms with Crippen LogP contribution in [0.15, 0.2) is 182 Å². The zero-order valence-electron chi connectivity index (χ0n) is 25.2. The Labute approximate surface area is 268 Å². The van der Waals surface area contributed by atoms with Crippen LogP contribution in [0.4, 0.5) is 17.1 Å². The SMILES string of the molecule is c1ccc(-c2cccc(N(c3ccc(-n4c5cccc6ccc7cccc4c7c65)cc3)c3cccc(-c4ccccc4)c3)c2)cc1. The highest BCUT2D eigenvalue weighted by molar-refractivity contribution is 6.24. The molecule has 0 bridgehead atoms. The van der Waals surface area contributed by atoms with E-state index in [0.717, 1.165) is 22.7 Å². The van der Waals surface area contributed by atoms with Gasteiger partial charge in [0.05, 0.1) is 11.0 Å². The Morgan fingerprint density at radius 2 is 0.783 bits per heavy atom. The smallest absolute Gasteiger partial charge is 0.0547 e. The van der Waals surface area contributed by atoms with Crippen LogP contribution in [0.25, 0.3) is 60.5 Å². The Kier molecular flexibility index (Phi) is 6.17. The van der Waals surface area contributed by atoms with Gasteiger partial charge in [0.25, 0.3) is 0 Å². The predicted octanol–water partition coefficient (Wildman–Crippen LogP) is 12.2. The molecule has 2 heteroatoms. The van der Waals surface area contributed by atoms with E-state index in [4.69, 9.17) is 0 Å². The van der Waals surface area contributed by atoms with Gasteiger partial charge < -0.3 is 9.47 Å². The van der Waals surface area contributed by atoms with Gasteiger partial charge in [-0.25, -0.2) is 0 Å². The molecule has 9 aromatic rings. The normalized spacial score (nSPS) is 11.5. The van der Waals surface area contributed by atoms with E-state index in [9.17, 15) is 0 Å². The van der Waals surface area contributed by atoms with Crippen molar-refractivity contribution in [1.82, 2.24) is 4.57 Å². The lowest BCUT2D eigenvalue weighted by atomic mass is 10.0. The molecular formula is C44H30N2. The second kappa shape index (κ2) is 10.8. The number of aromatic nitrogens is 1. The van der Waals surface area contributed by atoms with E-state index in [2.05, 4.69) is 191 Å². The van der Waals surface area contributed by atoms with Gasteiger partial charge in [0, 0.05) is 33.5 Å². The third-order valence-electron chi connectivity index (χ3n) is 9.11. The van der Waals surface area contributed by atoms with Gasteiger partial charge in [-0.15, -0.1) is 0 Å². The van der Waals surface area contributed by atoms with Crippen molar-refractivity contribution in [2.45, 2.75) is 0 Å². The van der Waals surface area contributed by atoms with Crippen LogP contribution in [-0.2, 0) is 0 Å². The summed E-state index contributed by atoms with van der Waals surface area (Å²) < 4.78 is 2.41. The monoisotopic (exact) mass is 586 g/mol. The van der Waals surface area contributed by atoms with Crippen molar-refractivity contribution in [3.05, 3.63) is 182 Å². The fourth-order valence-corrected chi connectivity index (χ4v) is 7.01. The maximum atomic E-state index is 2.41. The van der Waals surface area contributed by atoms with E-state index in [1.54, 1.807) is 0 Å². The molecule has 0 atom stereocenters. The lowest BCUT2D eigenvalue weighted by Crippen LogP contribution is -2.10. The first-order chi connectivity index (χ1) is 22.8. The fraction of sp³-hybridized carbons (Fsp3) is 0. The average Bonchev–Trinajstić information content (AvgIpc) is 3.48. The Balaban J connectivity index is 1.20. The topological polar surface area (TPSA) is 8.17 Å². The van der Waals surface area contributed by atoms with E-state index in [-0.39, 0.29) is 0 Å². The Morgan fingerprint density at radius 1 is 0.326 bits per heavy atom. The highest BCUT2D eigenvalue weighted by Gasteiger charge is 2.18. The lowest BCUT2D eigenvalue weighted by Gasteiger charge is -2.27. The largest absolute Gasteiger partial charge is 0.310 e. The van der Waals surface area contributed by atoms with Crippen molar-refractivity contribution in [3.63, 3.8) is 0 Å². The molecule has 0 unspecified atom stereocenters. The summed E-state index contributed by atoms with van der Waals surface area (Å²) in [6.45, 7) is 0. The van der Waals surface area contributed by atoms with E-state index < -0.39 is 0 Å². The van der Waals surface area contributed by atoms with Crippen molar-refractivity contribution >= 4 is 49.6 Å². The molecule has 0 radical (unpaired) electrons. The van der Waals surface area contributed by atoms with Crippen LogP contribution in [0, 0.1) is 0 Å². The van der Waals surface area contributed by atoms with Crippen LogP contribution in [0.5, 0.6) is 0 Å². The summed E-state index contributed by atoms with van der Waals surface area (Å²) in [5.41, 5.74) is 11.7. The van der Waals surface area contributed by atoms with E-state index >= 15 is 0 Å². The van der Waals surface area contributed by atoms with Crippen LogP contribution in [0.3, 0.4) is 0 Å². The van der Waals surface area contributed by atoms with Gasteiger partial charge in [0.2, 0.25) is 0 Å². The van der Waals surface area contributed by atoms with Crippen molar-refractivity contribution in [2.75, 3.05) is 4.90 Å². The molecule has 9 rings (SSSR count). The summed E-state index contributed by atoms with van der Waals surface area (Å²) in [6, 6.07) is 65.6. The summed E-state index contributed by atoms with van der Waals surface area (Å²) in [4.78, 5) is 2.36. The average molecular weight is 587 g/mol. The van der Waals surface area contributed by atoms with Crippen LogP contribution < -0.4 is 4.90 Å². The van der Waals surface area contributed by atoms with E-state index in [0.29, 0.717) is 0 Å². The first-order valence-corrected chi connectivity index (χ1v) is 15.8. The van der Waals surface area contributed by atoms with Crippen molar-refractivity contribution < 1.29 is 0 Å². The first-order valence-electron chi connectivity index (χ1n) is 15.8. The molecule has 0 aliphatic rings. The quantitative estimate of drug-likeness (QED) is 0.176. The van der Waals surface area contributed by atoms with Crippen LogP contribution >= 0.6 is 0 Å². The highest BCUT2D eigenvalue weighted by Crippen LogP contribution is 2.41. The minimum Gasteiger partial charge on any atom is -0.310 e. The minimum atomic E-state index is 1.10. The maximum absolute atomic E-state index is 2.41. The molecule has 0 fully saturated rings. The lowest BCUT2D eigenvalue weighted by molar-refractivity contribution is 1.17. The fourth-order valence-electron chi connectivity index (χ4n) is 7.01. The predicted molar refractivity (Wildman–Crippen MR) is 195 cm³/mol. The summed E-state index contributed by atoms with van der Waals surface area (Å²) in [5, 5.41) is 5.21. The molecular weight excluding hydrogens is 556 g/mol.